The first-order valence-corrected chi connectivity index (χ1v) is 8.17. The number of hydrogen-bond acceptors (Lipinski definition) is 5. The van der Waals surface area contributed by atoms with E-state index in [-0.39, 0.29) is 0 Å². The average Bonchev–Trinajstić information content (AvgIpc) is 2.50. The van der Waals surface area contributed by atoms with E-state index < -0.39 is 0 Å². The van der Waals surface area contributed by atoms with Gasteiger partial charge in [-0.1, -0.05) is 19.8 Å². The fourth-order valence-corrected chi connectivity index (χ4v) is 3.03. The Morgan fingerprint density at radius 3 is 2.48 bits per heavy atom. The summed E-state index contributed by atoms with van der Waals surface area (Å²) in [6.45, 7) is 6.16. The largest absolute Gasteiger partial charge is 0.396 e. The number of aliphatic hydroxyl groups is 1. The van der Waals surface area contributed by atoms with E-state index in [1.165, 1.54) is 19.3 Å². The van der Waals surface area contributed by atoms with Crippen LogP contribution in [-0.2, 0) is 0 Å². The zero-order valence-corrected chi connectivity index (χ0v) is 13.2. The van der Waals surface area contributed by atoms with Crippen LogP contribution in [-0.4, -0.2) is 34.8 Å². The van der Waals surface area contributed by atoms with Gasteiger partial charge in [0.2, 0.25) is 0 Å². The van der Waals surface area contributed by atoms with Crippen LogP contribution in [0.4, 0.5) is 11.6 Å². The summed E-state index contributed by atoms with van der Waals surface area (Å²) in [5.74, 6) is 3.52. The van der Waals surface area contributed by atoms with Gasteiger partial charge >= 0.3 is 0 Å². The molecule has 118 valence electrons. The van der Waals surface area contributed by atoms with Gasteiger partial charge in [0.1, 0.15) is 17.5 Å². The molecule has 1 saturated carbocycles. The number of anilines is 2. The summed E-state index contributed by atoms with van der Waals surface area (Å²) in [5, 5.41) is 16.2. The lowest BCUT2D eigenvalue weighted by Crippen LogP contribution is -2.28. The molecule has 0 aliphatic heterocycles. The lowest BCUT2D eigenvalue weighted by Gasteiger charge is -2.30. The zero-order valence-electron chi connectivity index (χ0n) is 13.2. The van der Waals surface area contributed by atoms with E-state index in [4.69, 9.17) is 0 Å². The standard InChI is InChI=1S/C16H28N4O/c1-3-8-17-15-9-16(20-12(2)19-15)18-10-13-6-4-5-7-14(13)11-21/h9,13-14,21H,3-8,10-11H2,1-2H3,(H2,17,18,19,20). The van der Waals surface area contributed by atoms with E-state index in [9.17, 15) is 5.11 Å². The molecule has 0 radical (unpaired) electrons. The molecule has 0 bridgehead atoms. The number of nitrogens with zero attached hydrogens (tertiary/aromatic N) is 2. The maximum absolute atomic E-state index is 9.48. The Bertz CT molecular complexity index is 438. The second-order valence-corrected chi connectivity index (χ2v) is 5.98. The van der Waals surface area contributed by atoms with E-state index in [2.05, 4.69) is 27.5 Å². The van der Waals surface area contributed by atoms with Crippen molar-refractivity contribution in [2.45, 2.75) is 46.0 Å². The lowest BCUT2D eigenvalue weighted by atomic mass is 9.79. The topological polar surface area (TPSA) is 70.1 Å². The van der Waals surface area contributed by atoms with Gasteiger partial charge in [-0.3, -0.25) is 0 Å². The molecule has 1 fully saturated rings. The molecule has 0 aromatic carbocycles. The fraction of sp³-hybridized carbons (Fsp3) is 0.750. The van der Waals surface area contributed by atoms with Gasteiger partial charge in [0, 0.05) is 25.8 Å². The zero-order chi connectivity index (χ0) is 15.1. The van der Waals surface area contributed by atoms with Crippen molar-refractivity contribution in [1.29, 1.82) is 0 Å². The van der Waals surface area contributed by atoms with Crippen molar-refractivity contribution in [3.63, 3.8) is 0 Å². The maximum Gasteiger partial charge on any atom is 0.131 e. The van der Waals surface area contributed by atoms with Gasteiger partial charge < -0.3 is 15.7 Å². The summed E-state index contributed by atoms with van der Waals surface area (Å²) in [6, 6.07) is 1.97. The summed E-state index contributed by atoms with van der Waals surface area (Å²) < 4.78 is 0. The van der Waals surface area contributed by atoms with E-state index in [0.717, 1.165) is 43.4 Å². The number of aromatic nitrogens is 2. The molecule has 0 spiro atoms. The predicted molar refractivity (Wildman–Crippen MR) is 86.6 cm³/mol. The molecule has 1 aliphatic carbocycles. The first-order chi connectivity index (χ1) is 10.2. The molecular weight excluding hydrogens is 264 g/mol. The summed E-state index contributed by atoms with van der Waals surface area (Å²) in [7, 11) is 0. The van der Waals surface area contributed by atoms with Crippen LogP contribution in [0.5, 0.6) is 0 Å². The third-order valence-corrected chi connectivity index (χ3v) is 4.24. The van der Waals surface area contributed by atoms with E-state index >= 15 is 0 Å². The van der Waals surface area contributed by atoms with Crippen molar-refractivity contribution in [3.05, 3.63) is 11.9 Å². The maximum atomic E-state index is 9.48. The van der Waals surface area contributed by atoms with Crippen molar-refractivity contribution < 1.29 is 5.11 Å². The fourth-order valence-electron chi connectivity index (χ4n) is 3.03. The van der Waals surface area contributed by atoms with Crippen molar-refractivity contribution in [2.75, 3.05) is 30.3 Å². The summed E-state index contributed by atoms with van der Waals surface area (Å²) >= 11 is 0. The molecule has 2 atom stereocenters. The monoisotopic (exact) mass is 292 g/mol. The van der Waals surface area contributed by atoms with Gasteiger partial charge in [-0.15, -0.1) is 0 Å². The average molecular weight is 292 g/mol. The molecule has 0 saturated heterocycles. The molecule has 1 heterocycles. The molecule has 2 rings (SSSR count). The van der Waals surface area contributed by atoms with Gasteiger partial charge in [0.15, 0.2) is 0 Å². The van der Waals surface area contributed by atoms with Crippen LogP contribution in [0.25, 0.3) is 0 Å². The van der Waals surface area contributed by atoms with Crippen LogP contribution in [0.15, 0.2) is 6.07 Å². The highest BCUT2D eigenvalue weighted by Crippen LogP contribution is 2.29. The Hall–Kier alpha value is -1.36. The van der Waals surface area contributed by atoms with Gasteiger partial charge in [0.25, 0.3) is 0 Å². The first kappa shape index (κ1) is 16.0. The highest BCUT2D eigenvalue weighted by molar-refractivity contribution is 5.47. The Morgan fingerprint density at radius 2 is 1.81 bits per heavy atom. The molecule has 5 heteroatoms. The van der Waals surface area contributed by atoms with Crippen molar-refractivity contribution >= 4 is 11.6 Å². The lowest BCUT2D eigenvalue weighted by molar-refractivity contribution is 0.141. The normalized spacial score (nSPS) is 22.0. The molecular formula is C16H28N4O. The quantitative estimate of drug-likeness (QED) is 0.721. The van der Waals surface area contributed by atoms with E-state index in [0.29, 0.717) is 18.4 Å². The smallest absolute Gasteiger partial charge is 0.131 e. The molecule has 5 nitrogen and oxygen atoms in total. The minimum absolute atomic E-state index is 0.304. The molecule has 2 unspecified atom stereocenters. The van der Waals surface area contributed by atoms with Crippen LogP contribution < -0.4 is 10.6 Å². The molecule has 3 N–H and O–H groups in total. The third kappa shape index (κ3) is 4.84. The van der Waals surface area contributed by atoms with Crippen LogP contribution >= 0.6 is 0 Å². The van der Waals surface area contributed by atoms with Crippen molar-refractivity contribution in [2.24, 2.45) is 11.8 Å². The Morgan fingerprint density at radius 1 is 1.14 bits per heavy atom. The van der Waals surface area contributed by atoms with Crippen LogP contribution in [0.3, 0.4) is 0 Å². The predicted octanol–water partition coefficient (Wildman–Crippen LogP) is 2.82. The Kier molecular flexibility index (Phi) is 6.23. The van der Waals surface area contributed by atoms with Gasteiger partial charge in [-0.25, -0.2) is 9.97 Å². The van der Waals surface area contributed by atoms with Crippen LogP contribution in [0.2, 0.25) is 0 Å². The number of hydrogen-bond donors (Lipinski definition) is 3. The molecule has 0 amide bonds. The first-order valence-electron chi connectivity index (χ1n) is 8.17. The second-order valence-electron chi connectivity index (χ2n) is 5.98. The Balaban J connectivity index is 1.93. The Labute approximate surface area is 127 Å². The van der Waals surface area contributed by atoms with Crippen molar-refractivity contribution in [1.82, 2.24) is 9.97 Å². The van der Waals surface area contributed by atoms with E-state index in [1.54, 1.807) is 0 Å². The summed E-state index contributed by atoms with van der Waals surface area (Å²) in [5.41, 5.74) is 0. The minimum Gasteiger partial charge on any atom is -0.396 e. The number of rotatable bonds is 7. The van der Waals surface area contributed by atoms with Gasteiger partial charge in [0.05, 0.1) is 0 Å². The third-order valence-electron chi connectivity index (χ3n) is 4.24. The molecule has 1 aliphatic rings. The summed E-state index contributed by atoms with van der Waals surface area (Å²) in [6.07, 6.45) is 5.94. The van der Waals surface area contributed by atoms with Gasteiger partial charge in [-0.05, 0) is 38.0 Å². The molecule has 21 heavy (non-hydrogen) atoms. The molecule has 1 aromatic rings. The van der Waals surface area contributed by atoms with E-state index in [1.807, 2.05) is 13.0 Å². The number of aryl methyl sites for hydroxylation is 1. The van der Waals surface area contributed by atoms with Gasteiger partial charge in [-0.2, -0.15) is 0 Å². The minimum atomic E-state index is 0.304. The van der Waals surface area contributed by atoms with Crippen LogP contribution in [0, 0.1) is 18.8 Å². The number of aliphatic hydroxyl groups excluding tert-OH is 1. The SMILES string of the molecule is CCCNc1cc(NCC2CCCCC2CO)nc(C)n1. The summed E-state index contributed by atoms with van der Waals surface area (Å²) in [4.78, 5) is 8.85. The number of nitrogens with one attached hydrogen (secondary N) is 2. The van der Waals surface area contributed by atoms with Crippen molar-refractivity contribution in [3.8, 4) is 0 Å². The molecule has 1 aromatic heterocycles. The highest BCUT2D eigenvalue weighted by atomic mass is 16.3. The van der Waals surface area contributed by atoms with Crippen LogP contribution in [0.1, 0.15) is 44.9 Å². The highest BCUT2D eigenvalue weighted by Gasteiger charge is 2.24. The second kappa shape index (κ2) is 8.17.